The summed E-state index contributed by atoms with van der Waals surface area (Å²) >= 11 is 0. The Bertz CT molecular complexity index is 2600. The molecule has 3 aliphatic rings. The van der Waals surface area contributed by atoms with E-state index in [4.69, 9.17) is 47.4 Å². The highest BCUT2D eigenvalue weighted by Crippen LogP contribution is 2.36. The molecule has 3 aliphatic carbocycles. The van der Waals surface area contributed by atoms with E-state index in [1.807, 2.05) is 0 Å². The van der Waals surface area contributed by atoms with Crippen molar-refractivity contribution < 1.29 is 114 Å². The maximum absolute atomic E-state index is 13.6. The smallest absolute Gasteiger partial charge is 0.342 e. The first-order chi connectivity index (χ1) is 39.2. The molecule has 0 heterocycles. The highest BCUT2D eigenvalue weighted by Gasteiger charge is 2.36. The Kier molecular flexibility index (Phi) is 24.7. The predicted molar refractivity (Wildman–Crippen MR) is 278 cm³/mol. The lowest BCUT2D eigenvalue weighted by molar-refractivity contribution is -0.170. The van der Waals surface area contributed by atoms with Crippen molar-refractivity contribution in [3.05, 3.63) is 97.1 Å². The summed E-state index contributed by atoms with van der Waals surface area (Å²) in [5.41, 5.74) is -0.372. The molecule has 5 rings (SSSR count). The van der Waals surface area contributed by atoms with Crippen LogP contribution >= 0.6 is 0 Å². The van der Waals surface area contributed by atoms with Gasteiger partial charge in [0.1, 0.15) is 60.6 Å². The fourth-order valence-electron chi connectivity index (χ4n) is 8.70. The summed E-state index contributed by atoms with van der Waals surface area (Å²) in [5.74, 6) is -13.6. The lowest BCUT2D eigenvalue weighted by atomic mass is 9.82. The van der Waals surface area contributed by atoms with Crippen LogP contribution in [0.2, 0.25) is 0 Å². The molecule has 0 unspecified atom stereocenters. The van der Waals surface area contributed by atoms with Crippen molar-refractivity contribution in [1.29, 1.82) is 0 Å². The largest absolute Gasteiger partial charge is 0.459 e. The van der Waals surface area contributed by atoms with Gasteiger partial charge in [-0.2, -0.15) is 0 Å². The number of ether oxygens (including phenoxy) is 12. The summed E-state index contributed by atoms with van der Waals surface area (Å²) in [7, 11) is 0. The maximum Gasteiger partial charge on any atom is 0.342 e. The SMILES string of the molecule is C=CC(=O)OCOC(=O)C1CCC(C(=O)Oc2ccc(OC(=O)C3CCC(C(=O)Oc4ccc(OC(=O)C5CCC(C(=O)OCOC(=O)C=C)CC5)c(C(=O)OCCOC(=O)C(=C)C)c4)CC3)cc2C(=O)OCCOC(=O)C(=C)C)CC1. The summed E-state index contributed by atoms with van der Waals surface area (Å²) < 4.78 is 62.7. The number of carbonyl (C=O) groups excluding carboxylic acids is 12. The molecule has 0 amide bonds. The maximum atomic E-state index is 13.6. The van der Waals surface area contributed by atoms with E-state index in [1.54, 1.807) is 0 Å². The minimum Gasteiger partial charge on any atom is -0.459 e. The van der Waals surface area contributed by atoms with E-state index in [-0.39, 0.29) is 136 Å². The fraction of sp³-hybridized carbons (Fsp3) is 0.448. The zero-order chi connectivity index (χ0) is 59.9. The van der Waals surface area contributed by atoms with Crippen molar-refractivity contribution in [2.24, 2.45) is 35.5 Å². The van der Waals surface area contributed by atoms with Gasteiger partial charge in [0.2, 0.25) is 13.6 Å². The molecule has 0 N–H and O–H groups in total. The van der Waals surface area contributed by atoms with Crippen molar-refractivity contribution in [3.8, 4) is 23.0 Å². The van der Waals surface area contributed by atoms with Crippen molar-refractivity contribution >= 4 is 71.6 Å². The quantitative estimate of drug-likeness (QED) is 0.0244. The predicted octanol–water partition coefficient (Wildman–Crippen LogP) is 6.44. The number of hydrogen-bond acceptors (Lipinski definition) is 24. The molecule has 2 aromatic carbocycles. The molecule has 0 spiro atoms. The first kappa shape index (κ1) is 63.9. The fourth-order valence-corrected chi connectivity index (χ4v) is 8.70. The highest BCUT2D eigenvalue weighted by atomic mass is 16.7. The lowest BCUT2D eigenvalue weighted by Gasteiger charge is -2.26. The van der Waals surface area contributed by atoms with Gasteiger partial charge >= 0.3 is 71.6 Å². The van der Waals surface area contributed by atoms with Gasteiger partial charge in [-0.1, -0.05) is 26.3 Å². The van der Waals surface area contributed by atoms with Crippen LogP contribution in [-0.4, -0.2) is 112 Å². The van der Waals surface area contributed by atoms with Gasteiger partial charge in [-0.25, -0.2) is 28.8 Å². The van der Waals surface area contributed by atoms with Crippen molar-refractivity contribution in [2.45, 2.75) is 90.9 Å². The first-order valence-electron chi connectivity index (χ1n) is 26.2. The van der Waals surface area contributed by atoms with E-state index >= 15 is 0 Å². The Morgan fingerprint density at radius 3 is 0.963 bits per heavy atom. The molecule has 24 nitrogen and oxygen atoms in total. The van der Waals surface area contributed by atoms with Crippen molar-refractivity contribution in [2.75, 3.05) is 40.0 Å². The summed E-state index contributed by atoms with van der Waals surface area (Å²) in [6.07, 6.45) is 4.47. The van der Waals surface area contributed by atoms with Crippen LogP contribution in [-0.2, 0) is 85.8 Å². The van der Waals surface area contributed by atoms with Gasteiger partial charge in [0, 0.05) is 23.3 Å². The minimum absolute atomic E-state index is 0.113. The van der Waals surface area contributed by atoms with Gasteiger partial charge in [0.15, 0.2) is 0 Å². The molecule has 3 saturated carbocycles. The Morgan fingerprint density at radius 2 is 0.671 bits per heavy atom. The molecule has 0 atom stereocenters. The van der Waals surface area contributed by atoms with Crippen LogP contribution in [0.5, 0.6) is 23.0 Å². The van der Waals surface area contributed by atoms with Crippen LogP contribution in [0.4, 0.5) is 0 Å². The molecule has 0 bridgehead atoms. The van der Waals surface area contributed by atoms with Gasteiger partial charge in [-0.3, -0.25) is 28.8 Å². The van der Waals surface area contributed by atoms with Crippen molar-refractivity contribution in [3.63, 3.8) is 0 Å². The van der Waals surface area contributed by atoms with E-state index in [1.165, 1.54) is 38.1 Å². The summed E-state index contributed by atoms with van der Waals surface area (Å²) in [6, 6.07) is 7.38. The number of benzene rings is 2. The number of carbonyl (C=O) groups is 12. The van der Waals surface area contributed by atoms with E-state index in [0.717, 1.165) is 24.3 Å². The average Bonchev–Trinajstić information content (AvgIpc) is 3.56. The number of esters is 12. The van der Waals surface area contributed by atoms with Crippen LogP contribution in [0.1, 0.15) is 112 Å². The molecule has 440 valence electrons. The van der Waals surface area contributed by atoms with Crippen LogP contribution in [0.25, 0.3) is 0 Å². The zero-order valence-corrected chi connectivity index (χ0v) is 45.4. The zero-order valence-electron chi connectivity index (χ0n) is 45.4. The average molecular weight is 1150 g/mol. The third-order valence-electron chi connectivity index (χ3n) is 13.3. The molecular formula is C58H64O24. The molecule has 0 saturated heterocycles. The van der Waals surface area contributed by atoms with Crippen LogP contribution < -0.4 is 18.9 Å². The van der Waals surface area contributed by atoms with Gasteiger partial charge in [0.25, 0.3) is 0 Å². The Morgan fingerprint density at radius 1 is 0.390 bits per heavy atom. The summed E-state index contributed by atoms with van der Waals surface area (Å²) in [4.78, 5) is 152. The standard InChI is InChI=1S/C58H64O24/c1-7-47(59)75-31-77-51(63)35-9-13-39(14-10-35)55(67)81-45-23-21-41(29-43(45)57(69)73-27-25-71-49(61)33(3)4)79-53(65)37-17-19-38(20-18-37)54(66)80-42-22-24-46(44(30-42)58(70)74-28-26-72-50(62)34(5)6)82-56(68)40-15-11-36(12-16-40)52(64)78-32-76-48(60)8-2/h7-8,21-24,29-30,35-40H,1-3,5,9-20,25-28,31-32H2,4,6H3. The Labute approximate surface area is 471 Å². The molecule has 0 aliphatic heterocycles. The lowest BCUT2D eigenvalue weighted by Crippen LogP contribution is -2.31. The van der Waals surface area contributed by atoms with Gasteiger partial charge in [0.05, 0.1) is 35.5 Å². The Balaban J connectivity index is 1.19. The van der Waals surface area contributed by atoms with E-state index < -0.39 is 134 Å². The molecule has 0 radical (unpaired) electrons. The molecule has 82 heavy (non-hydrogen) atoms. The highest BCUT2D eigenvalue weighted by molar-refractivity contribution is 5.96. The molecule has 24 heteroatoms. The second kappa shape index (κ2) is 31.7. The normalized spacial score (nSPS) is 19.1. The van der Waals surface area contributed by atoms with E-state index in [0.29, 0.717) is 0 Å². The van der Waals surface area contributed by atoms with Crippen LogP contribution in [0.3, 0.4) is 0 Å². The van der Waals surface area contributed by atoms with E-state index in [2.05, 4.69) is 35.8 Å². The number of rotatable bonds is 26. The monoisotopic (exact) mass is 1140 g/mol. The third-order valence-corrected chi connectivity index (χ3v) is 13.3. The van der Waals surface area contributed by atoms with Crippen LogP contribution in [0, 0.1) is 35.5 Å². The minimum atomic E-state index is -1.01. The summed E-state index contributed by atoms with van der Waals surface area (Å²) in [6.45, 7) is 13.7. The number of hydrogen-bond donors (Lipinski definition) is 0. The van der Waals surface area contributed by atoms with E-state index in [9.17, 15) is 57.5 Å². The van der Waals surface area contributed by atoms with Gasteiger partial charge in [-0.15, -0.1) is 0 Å². The topological polar surface area (TPSA) is 316 Å². The van der Waals surface area contributed by atoms with Gasteiger partial charge in [-0.05, 0) is 127 Å². The molecular weight excluding hydrogens is 1080 g/mol. The second-order valence-corrected chi connectivity index (χ2v) is 19.2. The van der Waals surface area contributed by atoms with Crippen molar-refractivity contribution in [1.82, 2.24) is 0 Å². The molecule has 3 fully saturated rings. The third kappa shape index (κ3) is 19.7. The summed E-state index contributed by atoms with van der Waals surface area (Å²) in [5, 5.41) is 0. The van der Waals surface area contributed by atoms with Gasteiger partial charge < -0.3 is 56.8 Å². The molecule has 2 aromatic rings. The Hall–Kier alpha value is -8.96. The van der Waals surface area contributed by atoms with Crippen LogP contribution in [0.15, 0.2) is 86.0 Å². The second-order valence-electron chi connectivity index (χ2n) is 19.2. The molecule has 0 aromatic heterocycles. The first-order valence-corrected chi connectivity index (χ1v) is 26.2.